The second-order valence-corrected chi connectivity index (χ2v) is 3.59. The number of imidazole rings is 1. The molecule has 0 saturated carbocycles. The topological polar surface area (TPSA) is 47.1 Å². The lowest BCUT2D eigenvalue weighted by Gasteiger charge is -2.18. The highest BCUT2D eigenvalue weighted by Gasteiger charge is 2.08. The number of aryl methyl sites for hydroxylation is 2. The summed E-state index contributed by atoms with van der Waals surface area (Å²) in [4.78, 5) is 6.58. The third kappa shape index (κ3) is 2.48. The van der Waals surface area contributed by atoms with E-state index in [1.165, 1.54) is 0 Å². The molecule has 0 aliphatic carbocycles. The van der Waals surface area contributed by atoms with E-state index in [1.807, 2.05) is 14.0 Å². The molecule has 0 aromatic carbocycles. The van der Waals surface area contributed by atoms with Gasteiger partial charge in [-0.3, -0.25) is 0 Å². The standard InChI is InChI=1S/C10H20N4/c1-4-6-14-8-9(2)12-10(14)13(3)7-5-11/h8H,4-7,11H2,1-3H3. The Kier molecular flexibility index (Phi) is 3.95. The largest absolute Gasteiger partial charge is 0.344 e. The summed E-state index contributed by atoms with van der Waals surface area (Å²) < 4.78 is 2.19. The van der Waals surface area contributed by atoms with Gasteiger partial charge in [0.05, 0.1) is 5.69 Å². The van der Waals surface area contributed by atoms with Crippen LogP contribution in [0.5, 0.6) is 0 Å². The molecule has 4 nitrogen and oxygen atoms in total. The van der Waals surface area contributed by atoms with E-state index in [2.05, 4.69) is 27.6 Å². The number of hydrogen-bond acceptors (Lipinski definition) is 3. The summed E-state index contributed by atoms with van der Waals surface area (Å²) in [6.07, 6.45) is 3.21. The summed E-state index contributed by atoms with van der Waals surface area (Å²) in [5, 5.41) is 0. The molecule has 0 aliphatic rings. The van der Waals surface area contributed by atoms with E-state index in [4.69, 9.17) is 5.73 Å². The molecule has 0 fully saturated rings. The molecular weight excluding hydrogens is 176 g/mol. The number of anilines is 1. The molecule has 14 heavy (non-hydrogen) atoms. The third-order valence-corrected chi connectivity index (χ3v) is 2.15. The average Bonchev–Trinajstić information content (AvgIpc) is 2.48. The number of aromatic nitrogens is 2. The molecule has 0 saturated heterocycles. The minimum absolute atomic E-state index is 0.661. The molecule has 1 heterocycles. The quantitative estimate of drug-likeness (QED) is 0.764. The van der Waals surface area contributed by atoms with Gasteiger partial charge in [0.15, 0.2) is 0 Å². The third-order valence-electron chi connectivity index (χ3n) is 2.15. The summed E-state index contributed by atoms with van der Waals surface area (Å²) >= 11 is 0. The van der Waals surface area contributed by atoms with Gasteiger partial charge >= 0.3 is 0 Å². The highest BCUT2D eigenvalue weighted by molar-refractivity contribution is 5.32. The first kappa shape index (κ1) is 11.0. The summed E-state index contributed by atoms with van der Waals surface area (Å²) in [5.74, 6) is 1.02. The highest BCUT2D eigenvalue weighted by atomic mass is 15.3. The second-order valence-electron chi connectivity index (χ2n) is 3.59. The number of nitrogens with two attached hydrogens (primary N) is 1. The van der Waals surface area contributed by atoms with Crippen LogP contribution in [0, 0.1) is 6.92 Å². The van der Waals surface area contributed by atoms with Crippen LogP contribution in [-0.2, 0) is 6.54 Å². The highest BCUT2D eigenvalue weighted by Crippen LogP contribution is 2.12. The average molecular weight is 196 g/mol. The summed E-state index contributed by atoms with van der Waals surface area (Å²) in [6, 6.07) is 0. The zero-order valence-corrected chi connectivity index (χ0v) is 9.32. The Bertz CT molecular complexity index is 280. The van der Waals surface area contributed by atoms with Crippen molar-refractivity contribution in [2.45, 2.75) is 26.8 Å². The Morgan fingerprint density at radius 1 is 1.57 bits per heavy atom. The van der Waals surface area contributed by atoms with Crippen molar-refractivity contribution in [2.75, 3.05) is 25.0 Å². The summed E-state index contributed by atoms with van der Waals surface area (Å²) in [7, 11) is 2.03. The lowest BCUT2D eigenvalue weighted by atomic mass is 10.4. The lowest BCUT2D eigenvalue weighted by molar-refractivity contribution is 0.662. The van der Waals surface area contributed by atoms with Crippen molar-refractivity contribution in [3.8, 4) is 0 Å². The van der Waals surface area contributed by atoms with E-state index in [9.17, 15) is 0 Å². The van der Waals surface area contributed by atoms with Gasteiger partial charge in [-0.1, -0.05) is 6.92 Å². The van der Waals surface area contributed by atoms with Gasteiger partial charge in [-0.2, -0.15) is 0 Å². The van der Waals surface area contributed by atoms with Crippen molar-refractivity contribution in [2.24, 2.45) is 5.73 Å². The van der Waals surface area contributed by atoms with Crippen molar-refractivity contribution >= 4 is 5.95 Å². The van der Waals surface area contributed by atoms with Crippen LogP contribution in [0.15, 0.2) is 6.20 Å². The molecule has 1 aromatic rings. The fourth-order valence-electron chi connectivity index (χ4n) is 1.54. The molecule has 0 aliphatic heterocycles. The van der Waals surface area contributed by atoms with E-state index < -0.39 is 0 Å². The second kappa shape index (κ2) is 5.00. The predicted molar refractivity (Wildman–Crippen MR) is 59.6 cm³/mol. The first-order valence-corrected chi connectivity index (χ1v) is 5.14. The fourth-order valence-corrected chi connectivity index (χ4v) is 1.54. The SMILES string of the molecule is CCCn1cc(C)nc1N(C)CCN. The van der Waals surface area contributed by atoms with Gasteiger partial charge in [-0.05, 0) is 13.3 Å². The van der Waals surface area contributed by atoms with Crippen molar-refractivity contribution in [1.82, 2.24) is 9.55 Å². The molecule has 0 amide bonds. The van der Waals surface area contributed by atoms with E-state index >= 15 is 0 Å². The van der Waals surface area contributed by atoms with Crippen LogP contribution in [0.1, 0.15) is 19.0 Å². The van der Waals surface area contributed by atoms with Gasteiger partial charge in [0.2, 0.25) is 5.95 Å². The minimum atomic E-state index is 0.661. The first-order valence-electron chi connectivity index (χ1n) is 5.14. The fraction of sp³-hybridized carbons (Fsp3) is 0.700. The maximum atomic E-state index is 5.52. The molecule has 1 rings (SSSR count). The van der Waals surface area contributed by atoms with Crippen LogP contribution in [0.4, 0.5) is 5.95 Å². The number of rotatable bonds is 5. The van der Waals surface area contributed by atoms with Gasteiger partial charge in [0.1, 0.15) is 0 Å². The number of hydrogen-bond donors (Lipinski definition) is 1. The lowest BCUT2D eigenvalue weighted by Crippen LogP contribution is -2.27. The molecular formula is C10H20N4. The van der Waals surface area contributed by atoms with Gasteiger partial charge in [0, 0.05) is 32.9 Å². The Labute approximate surface area is 85.7 Å². The minimum Gasteiger partial charge on any atom is -0.344 e. The zero-order chi connectivity index (χ0) is 10.6. The van der Waals surface area contributed by atoms with Gasteiger partial charge in [-0.25, -0.2) is 4.98 Å². The predicted octanol–water partition coefficient (Wildman–Crippen LogP) is 0.996. The Morgan fingerprint density at radius 3 is 2.86 bits per heavy atom. The van der Waals surface area contributed by atoms with Gasteiger partial charge < -0.3 is 15.2 Å². The Balaban J connectivity index is 2.82. The molecule has 0 atom stereocenters. The molecule has 0 unspecified atom stereocenters. The van der Waals surface area contributed by atoms with Crippen LogP contribution in [0.3, 0.4) is 0 Å². The van der Waals surface area contributed by atoms with Crippen molar-refractivity contribution in [3.05, 3.63) is 11.9 Å². The maximum Gasteiger partial charge on any atom is 0.205 e. The molecule has 0 spiro atoms. The zero-order valence-electron chi connectivity index (χ0n) is 9.32. The van der Waals surface area contributed by atoms with Crippen molar-refractivity contribution in [3.63, 3.8) is 0 Å². The maximum absolute atomic E-state index is 5.52. The normalized spacial score (nSPS) is 10.6. The van der Waals surface area contributed by atoms with E-state index in [1.54, 1.807) is 0 Å². The van der Waals surface area contributed by atoms with Gasteiger partial charge in [0.25, 0.3) is 0 Å². The smallest absolute Gasteiger partial charge is 0.205 e. The van der Waals surface area contributed by atoms with E-state index in [-0.39, 0.29) is 0 Å². The first-order chi connectivity index (χ1) is 6.69. The van der Waals surface area contributed by atoms with Crippen LogP contribution < -0.4 is 10.6 Å². The monoisotopic (exact) mass is 196 g/mol. The molecule has 0 bridgehead atoms. The molecule has 0 radical (unpaired) electrons. The molecule has 80 valence electrons. The van der Waals surface area contributed by atoms with E-state index in [0.717, 1.165) is 31.2 Å². The molecule has 4 heteroatoms. The number of likely N-dealkylation sites (N-methyl/N-ethyl adjacent to an activating group) is 1. The molecule has 2 N–H and O–H groups in total. The Morgan fingerprint density at radius 2 is 2.29 bits per heavy atom. The summed E-state index contributed by atoms with van der Waals surface area (Å²) in [6.45, 7) is 6.72. The Hall–Kier alpha value is -1.03. The van der Waals surface area contributed by atoms with Crippen LogP contribution >= 0.6 is 0 Å². The van der Waals surface area contributed by atoms with Crippen LogP contribution in [-0.4, -0.2) is 29.7 Å². The van der Waals surface area contributed by atoms with E-state index in [0.29, 0.717) is 6.54 Å². The van der Waals surface area contributed by atoms with Crippen molar-refractivity contribution < 1.29 is 0 Å². The van der Waals surface area contributed by atoms with Gasteiger partial charge in [-0.15, -0.1) is 0 Å². The van der Waals surface area contributed by atoms with Crippen LogP contribution in [0.2, 0.25) is 0 Å². The van der Waals surface area contributed by atoms with Crippen molar-refractivity contribution in [1.29, 1.82) is 0 Å². The molecule has 1 aromatic heterocycles. The number of nitrogens with zero attached hydrogens (tertiary/aromatic N) is 3. The van der Waals surface area contributed by atoms with Crippen LogP contribution in [0.25, 0.3) is 0 Å². The summed E-state index contributed by atoms with van der Waals surface area (Å²) in [5.41, 5.74) is 6.59.